The van der Waals surface area contributed by atoms with Crippen molar-refractivity contribution in [2.75, 3.05) is 25.5 Å². The Kier molecular flexibility index (Phi) is 5.96. The van der Waals surface area contributed by atoms with Crippen LogP contribution in [0.25, 0.3) is 0 Å². The van der Waals surface area contributed by atoms with E-state index >= 15 is 0 Å². The van der Waals surface area contributed by atoms with E-state index < -0.39 is 6.10 Å². The van der Waals surface area contributed by atoms with E-state index in [2.05, 4.69) is 5.32 Å². The van der Waals surface area contributed by atoms with Crippen LogP contribution in [-0.4, -0.2) is 43.0 Å². The summed E-state index contributed by atoms with van der Waals surface area (Å²) >= 11 is 0. The molecule has 6 nitrogen and oxygen atoms in total. The standard InChI is InChI=1S/C21H24N2O4/c1-15(27-17-9-7-8-16(14-17)26-2)20(24)22-19-11-4-3-10-18(19)21(25)23-12-5-6-13-23/h3-4,7-11,14-15H,5-6,12-13H2,1-2H3,(H,22,24). The highest BCUT2D eigenvalue weighted by molar-refractivity contribution is 6.04. The first-order valence-electron chi connectivity index (χ1n) is 9.08. The highest BCUT2D eigenvalue weighted by Crippen LogP contribution is 2.22. The van der Waals surface area contributed by atoms with Gasteiger partial charge in [0.05, 0.1) is 18.4 Å². The third-order valence-corrected chi connectivity index (χ3v) is 4.53. The lowest BCUT2D eigenvalue weighted by molar-refractivity contribution is -0.122. The van der Waals surface area contributed by atoms with E-state index in [1.54, 1.807) is 62.6 Å². The van der Waals surface area contributed by atoms with E-state index in [0.29, 0.717) is 22.7 Å². The van der Waals surface area contributed by atoms with Crippen LogP contribution in [0.15, 0.2) is 48.5 Å². The average molecular weight is 368 g/mol. The summed E-state index contributed by atoms with van der Waals surface area (Å²) in [7, 11) is 1.57. The molecule has 1 unspecified atom stereocenters. The molecule has 1 aliphatic rings. The van der Waals surface area contributed by atoms with Crippen LogP contribution < -0.4 is 14.8 Å². The normalized spacial score (nSPS) is 14.5. The number of likely N-dealkylation sites (tertiary alicyclic amines) is 1. The van der Waals surface area contributed by atoms with Gasteiger partial charge in [-0.25, -0.2) is 0 Å². The number of anilines is 1. The summed E-state index contributed by atoms with van der Waals surface area (Å²) in [6, 6.07) is 14.1. The van der Waals surface area contributed by atoms with Crippen molar-refractivity contribution in [3.05, 3.63) is 54.1 Å². The lowest BCUT2D eigenvalue weighted by atomic mass is 10.1. The zero-order chi connectivity index (χ0) is 19.2. The minimum absolute atomic E-state index is 0.0511. The van der Waals surface area contributed by atoms with Crippen LogP contribution in [0.2, 0.25) is 0 Å². The van der Waals surface area contributed by atoms with E-state index in [-0.39, 0.29) is 11.8 Å². The fraction of sp³-hybridized carbons (Fsp3) is 0.333. The summed E-state index contributed by atoms with van der Waals surface area (Å²) in [6.45, 7) is 3.19. The Bertz CT molecular complexity index is 815. The number of carbonyl (C=O) groups is 2. The van der Waals surface area contributed by atoms with Crippen molar-refractivity contribution in [1.82, 2.24) is 4.90 Å². The van der Waals surface area contributed by atoms with E-state index in [0.717, 1.165) is 25.9 Å². The van der Waals surface area contributed by atoms with Crippen molar-refractivity contribution in [3.8, 4) is 11.5 Å². The zero-order valence-corrected chi connectivity index (χ0v) is 15.6. The van der Waals surface area contributed by atoms with Gasteiger partial charge in [-0.05, 0) is 44.0 Å². The van der Waals surface area contributed by atoms with Gasteiger partial charge in [-0.2, -0.15) is 0 Å². The quantitative estimate of drug-likeness (QED) is 0.849. The Morgan fingerprint density at radius 3 is 2.48 bits per heavy atom. The molecular formula is C21H24N2O4. The van der Waals surface area contributed by atoms with Crippen LogP contribution in [0.3, 0.4) is 0 Å². The van der Waals surface area contributed by atoms with Gasteiger partial charge in [0, 0.05) is 19.2 Å². The SMILES string of the molecule is COc1cccc(OC(C)C(=O)Nc2ccccc2C(=O)N2CCCC2)c1. The molecule has 142 valence electrons. The molecule has 1 aliphatic heterocycles. The average Bonchev–Trinajstić information content (AvgIpc) is 3.23. The predicted octanol–water partition coefficient (Wildman–Crippen LogP) is 3.34. The van der Waals surface area contributed by atoms with E-state index in [9.17, 15) is 9.59 Å². The van der Waals surface area contributed by atoms with Crippen molar-refractivity contribution in [1.29, 1.82) is 0 Å². The molecular weight excluding hydrogens is 344 g/mol. The number of hydrogen-bond acceptors (Lipinski definition) is 4. The summed E-state index contributed by atoms with van der Waals surface area (Å²) in [6.07, 6.45) is 1.31. The van der Waals surface area contributed by atoms with Gasteiger partial charge in [0.2, 0.25) is 0 Å². The highest BCUT2D eigenvalue weighted by Gasteiger charge is 2.23. The van der Waals surface area contributed by atoms with Gasteiger partial charge in [0.15, 0.2) is 6.10 Å². The van der Waals surface area contributed by atoms with Crippen LogP contribution in [-0.2, 0) is 4.79 Å². The molecule has 27 heavy (non-hydrogen) atoms. The number of hydrogen-bond donors (Lipinski definition) is 1. The molecule has 2 amide bonds. The van der Waals surface area contributed by atoms with E-state index in [1.807, 2.05) is 4.90 Å². The molecule has 2 aromatic rings. The maximum Gasteiger partial charge on any atom is 0.265 e. The van der Waals surface area contributed by atoms with Gasteiger partial charge in [-0.1, -0.05) is 18.2 Å². The molecule has 1 fully saturated rings. The Balaban J connectivity index is 1.69. The molecule has 0 aromatic heterocycles. The number of nitrogens with one attached hydrogen (secondary N) is 1. The summed E-state index contributed by atoms with van der Waals surface area (Å²) in [4.78, 5) is 27.1. The second-order valence-electron chi connectivity index (χ2n) is 6.47. The first kappa shape index (κ1) is 18.8. The molecule has 1 heterocycles. The summed E-state index contributed by atoms with van der Waals surface area (Å²) in [5.41, 5.74) is 1.00. The van der Waals surface area contributed by atoms with Crippen LogP contribution in [0.4, 0.5) is 5.69 Å². The van der Waals surface area contributed by atoms with Gasteiger partial charge in [0.1, 0.15) is 11.5 Å². The van der Waals surface area contributed by atoms with Crippen molar-refractivity contribution in [2.45, 2.75) is 25.9 Å². The second kappa shape index (κ2) is 8.58. The number of nitrogens with zero attached hydrogens (tertiary/aromatic N) is 1. The molecule has 1 saturated heterocycles. The third kappa shape index (κ3) is 4.58. The number of carbonyl (C=O) groups excluding carboxylic acids is 2. The number of methoxy groups -OCH3 is 1. The Labute approximate surface area is 159 Å². The van der Waals surface area contributed by atoms with Gasteiger partial charge < -0.3 is 19.7 Å². The number of rotatable bonds is 6. The minimum Gasteiger partial charge on any atom is -0.497 e. The Morgan fingerprint density at radius 2 is 1.74 bits per heavy atom. The van der Waals surface area contributed by atoms with Crippen molar-refractivity contribution in [3.63, 3.8) is 0 Å². The largest absolute Gasteiger partial charge is 0.497 e. The number of para-hydroxylation sites is 1. The maximum absolute atomic E-state index is 12.7. The number of amides is 2. The lowest BCUT2D eigenvalue weighted by Gasteiger charge is -2.19. The first-order valence-corrected chi connectivity index (χ1v) is 9.08. The van der Waals surface area contributed by atoms with E-state index in [1.165, 1.54) is 0 Å². The molecule has 0 spiro atoms. The fourth-order valence-electron chi connectivity index (χ4n) is 3.04. The number of benzene rings is 2. The molecule has 0 aliphatic carbocycles. The Hall–Kier alpha value is -3.02. The summed E-state index contributed by atoms with van der Waals surface area (Å²) in [5, 5.41) is 2.82. The Morgan fingerprint density at radius 1 is 1.04 bits per heavy atom. The first-order chi connectivity index (χ1) is 13.1. The minimum atomic E-state index is -0.730. The number of ether oxygens (including phenoxy) is 2. The predicted molar refractivity (Wildman–Crippen MR) is 103 cm³/mol. The molecule has 0 radical (unpaired) electrons. The lowest BCUT2D eigenvalue weighted by Crippen LogP contribution is -2.32. The van der Waals surface area contributed by atoms with Crippen LogP contribution in [0.5, 0.6) is 11.5 Å². The maximum atomic E-state index is 12.7. The zero-order valence-electron chi connectivity index (χ0n) is 15.6. The van der Waals surface area contributed by atoms with Gasteiger partial charge in [0.25, 0.3) is 11.8 Å². The molecule has 0 bridgehead atoms. The van der Waals surface area contributed by atoms with Gasteiger partial charge in [-0.15, -0.1) is 0 Å². The topological polar surface area (TPSA) is 67.9 Å². The molecule has 3 rings (SSSR count). The fourth-order valence-corrected chi connectivity index (χ4v) is 3.04. The van der Waals surface area contributed by atoms with Crippen LogP contribution in [0.1, 0.15) is 30.1 Å². The summed E-state index contributed by atoms with van der Waals surface area (Å²) in [5.74, 6) is 0.823. The smallest absolute Gasteiger partial charge is 0.265 e. The third-order valence-electron chi connectivity index (χ3n) is 4.53. The van der Waals surface area contributed by atoms with Crippen molar-refractivity contribution in [2.24, 2.45) is 0 Å². The van der Waals surface area contributed by atoms with Crippen LogP contribution in [0, 0.1) is 0 Å². The van der Waals surface area contributed by atoms with Crippen molar-refractivity contribution < 1.29 is 19.1 Å². The second-order valence-corrected chi connectivity index (χ2v) is 6.47. The molecule has 6 heteroatoms. The highest BCUT2D eigenvalue weighted by atomic mass is 16.5. The van der Waals surface area contributed by atoms with E-state index in [4.69, 9.17) is 9.47 Å². The molecule has 2 aromatic carbocycles. The molecule has 1 atom stereocenters. The monoisotopic (exact) mass is 368 g/mol. The molecule has 1 N–H and O–H groups in total. The van der Waals surface area contributed by atoms with Gasteiger partial charge >= 0.3 is 0 Å². The van der Waals surface area contributed by atoms with Crippen molar-refractivity contribution >= 4 is 17.5 Å². The summed E-state index contributed by atoms with van der Waals surface area (Å²) < 4.78 is 10.9. The molecule has 0 saturated carbocycles. The van der Waals surface area contributed by atoms with Gasteiger partial charge in [-0.3, -0.25) is 9.59 Å². The van der Waals surface area contributed by atoms with Crippen LogP contribution >= 0.6 is 0 Å².